The van der Waals surface area contributed by atoms with E-state index < -0.39 is 40.6 Å². The van der Waals surface area contributed by atoms with E-state index in [1.807, 2.05) is 0 Å². The number of H-pyrrole nitrogens is 1. The Morgan fingerprint density at radius 2 is 2.25 bits per heavy atom. The second-order valence-corrected chi connectivity index (χ2v) is 10.6. The molecule has 0 saturated heterocycles. The molecule has 0 spiro atoms. The molecule has 1 aliphatic heterocycles. The summed E-state index contributed by atoms with van der Waals surface area (Å²) >= 11 is 9.62. The summed E-state index contributed by atoms with van der Waals surface area (Å²) in [5.41, 5.74) is 5.94. The number of aliphatic carboxylic acids is 1. The first-order valence-corrected chi connectivity index (χ1v) is 12.2. The Bertz CT molecular complexity index is 1150. The first kappa shape index (κ1) is 22.6. The average molecular weight is 515 g/mol. The van der Waals surface area contributed by atoms with Gasteiger partial charge in [0.15, 0.2) is 16.6 Å². The number of amides is 1. The number of carboxylic acid groups (broad SMARTS) is 1. The highest BCUT2D eigenvalue weighted by atomic mass is 35.5. The van der Waals surface area contributed by atoms with Crippen LogP contribution in [0.5, 0.6) is 0 Å². The maximum absolute atomic E-state index is 12.8. The molecule has 15 heteroatoms. The van der Waals surface area contributed by atoms with E-state index in [9.17, 15) is 24.7 Å². The molecule has 1 unspecified atom stereocenters. The number of thioether (sulfide) groups is 2. The Morgan fingerprint density at radius 1 is 1.47 bits per heavy atom. The standard InChI is InChI=1S/C17H15ClN6O5S3/c18-14-9(23-17(19)32-14)10(24-29)15(26)22-11-12(25)8-7(16(27)28)6(4-31-13(8)11)30-3-5-1-20-21-2-5/h1-2,8,11,13,29H,3-4H2,(H2,19,23)(H,20,21)(H,22,26)(H,27,28)/b24-10-/t8?,11-,13+/m1/s1. The zero-order valence-corrected chi connectivity index (χ0v) is 19.1. The molecule has 2 aliphatic rings. The van der Waals surface area contributed by atoms with Crippen LogP contribution in [0.1, 0.15) is 11.3 Å². The topological polar surface area (TPSA) is 184 Å². The number of anilines is 1. The van der Waals surface area contributed by atoms with E-state index >= 15 is 0 Å². The summed E-state index contributed by atoms with van der Waals surface area (Å²) in [5.74, 6) is -2.37. The van der Waals surface area contributed by atoms with Crippen LogP contribution in [0.3, 0.4) is 0 Å². The number of carboxylic acids is 1. The van der Waals surface area contributed by atoms with Crippen LogP contribution in [-0.2, 0) is 20.1 Å². The van der Waals surface area contributed by atoms with E-state index in [2.05, 4.69) is 25.7 Å². The van der Waals surface area contributed by atoms with Crippen molar-refractivity contribution in [3.63, 3.8) is 0 Å². The van der Waals surface area contributed by atoms with Crippen molar-refractivity contribution in [1.29, 1.82) is 0 Å². The van der Waals surface area contributed by atoms with Gasteiger partial charge in [-0.25, -0.2) is 9.78 Å². The lowest BCUT2D eigenvalue weighted by Gasteiger charge is -2.46. The smallest absolute Gasteiger partial charge is 0.333 e. The number of aromatic nitrogens is 3. The molecule has 0 radical (unpaired) electrons. The molecule has 2 aromatic heterocycles. The Hall–Kier alpha value is -2.55. The lowest BCUT2D eigenvalue weighted by Crippen LogP contribution is -2.65. The molecule has 32 heavy (non-hydrogen) atoms. The third-order valence-electron chi connectivity index (χ3n) is 4.92. The highest BCUT2D eigenvalue weighted by molar-refractivity contribution is 8.05. The van der Waals surface area contributed by atoms with Gasteiger partial charge < -0.3 is 21.4 Å². The molecular formula is C17H15ClN6O5S3. The van der Waals surface area contributed by atoms with Crippen molar-refractivity contribution in [2.75, 3.05) is 11.5 Å². The molecule has 11 nitrogen and oxygen atoms in total. The summed E-state index contributed by atoms with van der Waals surface area (Å²) in [6.07, 6.45) is 3.37. The zero-order valence-electron chi connectivity index (χ0n) is 15.9. The van der Waals surface area contributed by atoms with Gasteiger partial charge in [-0.1, -0.05) is 28.1 Å². The molecule has 1 aliphatic carbocycles. The highest BCUT2D eigenvalue weighted by Gasteiger charge is 2.56. The molecule has 1 fully saturated rings. The predicted molar refractivity (Wildman–Crippen MR) is 121 cm³/mol. The highest BCUT2D eigenvalue weighted by Crippen LogP contribution is 2.48. The van der Waals surface area contributed by atoms with E-state index in [4.69, 9.17) is 17.3 Å². The minimum absolute atomic E-state index is 0.0594. The summed E-state index contributed by atoms with van der Waals surface area (Å²) in [7, 11) is 0. The molecule has 0 aromatic carbocycles. The van der Waals surface area contributed by atoms with Crippen LogP contribution in [0.25, 0.3) is 0 Å². The van der Waals surface area contributed by atoms with E-state index in [-0.39, 0.29) is 20.7 Å². The minimum atomic E-state index is -1.16. The first-order chi connectivity index (χ1) is 15.3. The van der Waals surface area contributed by atoms with Gasteiger partial charge in [0, 0.05) is 33.4 Å². The third-order valence-corrected chi connectivity index (χ3v) is 8.76. The summed E-state index contributed by atoms with van der Waals surface area (Å²) in [6, 6.07) is -0.932. The van der Waals surface area contributed by atoms with Gasteiger partial charge >= 0.3 is 5.97 Å². The van der Waals surface area contributed by atoms with Gasteiger partial charge in [0.2, 0.25) is 0 Å². The fourth-order valence-electron chi connectivity index (χ4n) is 3.44. The molecule has 6 N–H and O–H groups in total. The van der Waals surface area contributed by atoms with Crippen LogP contribution in [0.15, 0.2) is 28.0 Å². The van der Waals surface area contributed by atoms with Crippen molar-refractivity contribution in [3.8, 4) is 0 Å². The maximum Gasteiger partial charge on any atom is 0.333 e. The number of aromatic amines is 1. The number of nitrogens with one attached hydrogen (secondary N) is 2. The van der Waals surface area contributed by atoms with E-state index in [0.717, 1.165) is 16.9 Å². The number of rotatable bonds is 7. The van der Waals surface area contributed by atoms with Gasteiger partial charge in [-0.3, -0.25) is 14.7 Å². The van der Waals surface area contributed by atoms with Gasteiger partial charge in [-0.2, -0.15) is 5.10 Å². The quantitative estimate of drug-likeness (QED) is 0.205. The van der Waals surface area contributed by atoms with Gasteiger partial charge in [0.05, 0.1) is 17.7 Å². The minimum Gasteiger partial charge on any atom is -0.478 e. The lowest BCUT2D eigenvalue weighted by atomic mass is 9.72. The number of Topliss-reactive ketones (excluding diaryl/α,β-unsaturated/α-hetero) is 1. The molecule has 3 heterocycles. The molecule has 2 aromatic rings. The monoisotopic (exact) mass is 514 g/mol. The van der Waals surface area contributed by atoms with Crippen LogP contribution < -0.4 is 11.1 Å². The number of nitrogens with two attached hydrogens (primary N) is 1. The van der Waals surface area contributed by atoms with Crippen LogP contribution in [0, 0.1) is 5.92 Å². The number of carbonyl (C=O) groups is 3. The van der Waals surface area contributed by atoms with Crippen molar-refractivity contribution < 1.29 is 24.7 Å². The van der Waals surface area contributed by atoms with Gasteiger partial charge in [-0.05, 0) is 0 Å². The molecular weight excluding hydrogens is 500 g/mol. The first-order valence-electron chi connectivity index (χ1n) is 8.99. The number of oxime groups is 1. The second kappa shape index (κ2) is 9.13. The molecule has 1 amide bonds. The number of nitrogens with zero attached hydrogens (tertiary/aromatic N) is 3. The number of hydrogen-bond acceptors (Lipinski definition) is 11. The number of ketones is 1. The van der Waals surface area contributed by atoms with Crippen LogP contribution >= 0.6 is 46.5 Å². The number of fused-ring (bicyclic) bond motifs is 1. The Morgan fingerprint density at radius 3 is 2.84 bits per heavy atom. The molecule has 1 saturated carbocycles. The average Bonchev–Trinajstić information content (AvgIpc) is 3.39. The van der Waals surface area contributed by atoms with Gasteiger partial charge in [0.25, 0.3) is 5.91 Å². The van der Waals surface area contributed by atoms with Crippen molar-refractivity contribution in [1.82, 2.24) is 20.5 Å². The normalized spacial score (nSPS) is 23.0. The fourth-order valence-corrected chi connectivity index (χ4v) is 7.13. The summed E-state index contributed by atoms with van der Waals surface area (Å²) < 4.78 is 0.0608. The zero-order chi connectivity index (χ0) is 23.0. The molecule has 4 rings (SSSR count). The van der Waals surface area contributed by atoms with E-state index in [1.165, 1.54) is 23.5 Å². The fraction of sp³-hybridized carbons (Fsp3) is 0.294. The molecule has 168 valence electrons. The Labute approximate surface area is 197 Å². The number of thiazole rings is 1. The number of carbonyl (C=O) groups excluding carboxylic acids is 2. The van der Waals surface area contributed by atoms with E-state index in [1.54, 1.807) is 12.4 Å². The largest absolute Gasteiger partial charge is 0.478 e. The number of halogens is 1. The van der Waals surface area contributed by atoms with Gasteiger partial charge in [0.1, 0.15) is 16.1 Å². The molecule has 3 atom stereocenters. The Balaban J connectivity index is 1.49. The van der Waals surface area contributed by atoms with Crippen LogP contribution in [0.2, 0.25) is 4.34 Å². The van der Waals surface area contributed by atoms with Crippen LogP contribution in [0.4, 0.5) is 5.13 Å². The van der Waals surface area contributed by atoms with Gasteiger partial charge in [-0.15, -0.1) is 23.5 Å². The second-order valence-electron chi connectivity index (χ2n) is 6.77. The van der Waals surface area contributed by atoms with Crippen molar-refractivity contribution in [2.24, 2.45) is 11.1 Å². The maximum atomic E-state index is 12.8. The lowest BCUT2D eigenvalue weighted by molar-refractivity contribution is -0.139. The number of hydrogen-bond donors (Lipinski definition) is 5. The van der Waals surface area contributed by atoms with Crippen molar-refractivity contribution >= 4 is 75.0 Å². The molecule has 0 bridgehead atoms. The van der Waals surface area contributed by atoms with Crippen molar-refractivity contribution in [3.05, 3.63) is 38.5 Å². The predicted octanol–water partition coefficient (Wildman–Crippen LogP) is 1.35. The number of nitrogen functional groups attached to an aromatic ring is 1. The van der Waals surface area contributed by atoms with Crippen LogP contribution in [-0.4, -0.2) is 65.9 Å². The summed E-state index contributed by atoms with van der Waals surface area (Å²) in [6.45, 7) is 0. The summed E-state index contributed by atoms with van der Waals surface area (Å²) in [5, 5.41) is 30.7. The third kappa shape index (κ3) is 4.10. The van der Waals surface area contributed by atoms with E-state index in [0.29, 0.717) is 16.4 Å². The summed E-state index contributed by atoms with van der Waals surface area (Å²) in [4.78, 5) is 41.9. The Kier molecular flexibility index (Phi) is 6.46. The van der Waals surface area contributed by atoms with Crippen molar-refractivity contribution in [2.45, 2.75) is 17.0 Å². The SMILES string of the molecule is Nc1nc(/C(=N/O)C(=O)N[C@@H]2C(=O)C3C(C(=O)O)=C(SCc4cn[nH]c4)CS[C@@H]32)c(Cl)s1.